The average molecular weight is 332 g/mol. The van der Waals surface area contributed by atoms with E-state index in [2.05, 4.69) is 70.4 Å². The molecule has 1 N–H and O–H groups in total. The van der Waals surface area contributed by atoms with Gasteiger partial charge in [-0.15, -0.1) is 0 Å². The minimum Gasteiger partial charge on any atom is -0.352 e. The molecule has 3 rings (SSSR count). The molecule has 0 spiro atoms. The van der Waals surface area contributed by atoms with E-state index in [0.717, 1.165) is 36.2 Å². The maximum absolute atomic E-state index is 4.64. The van der Waals surface area contributed by atoms with Gasteiger partial charge in [-0.1, -0.05) is 42.5 Å². The van der Waals surface area contributed by atoms with Crippen molar-refractivity contribution in [1.82, 2.24) is 9.97 Å². The molecule has 0 bridgehead atoms. The zero-order chi connectivity index (χ0) is 17.6. The standard InChI is InChI=1S/C21H24N4/c1-4-25(15-18-10-6-5-7-11-18)21-14-20(22-17(3)23-21)24-19-12-8-9-16(2)13-19/h5-14H,4,15H2,1-3H3,(H,22,23,24). The van der Waals surface area contributed by atoms with Crippen molar-refractivity contribution in [2.75, 3.05) is 16.8 Å². The van der Waals surface area contributed by atoms with Gasteiger partial charge in [0.15, 0.2) is 0 Å². The largest absolute Gasteiger partial charge is 0.352 e. The van der Waals surface area contributed by atoms with Crippen LogP contribution in [-0.4, -0.2) is 16.5 Å². The first-order valence-electron chi connectivity index (χ1n) is 8.62. The van der Waals surface area contributed by atoms with Gasteiger partial charge in [0.25, 0.3) is 0 Å². The van der Waals surface area contributed by atoms with Crippen molar-refractivity contribution in [3.8, 4) is 0 Å². The van der Waals surface area contributed by atoms with Gasteiger partial charge in [-0.05, 0) is 44.0 Å². The molecule has 0 saturated carbocycles. The molecule has 2 aromatic carbocycles. The second kappa shape index (κ2) is 7.79. The van der Waals surface area contributed by atoms with Gasteiger partial charge >= 0.3 is 0 Å². The van der Waals surface area contributed by atoms with Crippen LogP contribution in [0.4, 0.5) is 17.3 Å². The predicted molar refractivity (Wildman–Crippen MR) is 104 cm³/mol. The van der Waals surface area contributed by atoms with Crippen molar-refractivity contribution in [2.24, 2.45) is 0 Å². The van der Waals surface area contributed by atoms with Crippen LogP contribution in [0.25, 0.3) is 0 Å². The third-order valence-electron chi connectivity index (χ3n) is 4.04. The zero-order valence-electron chi connectivity index (χ0n) is 15.0. The first-order valence-corrected chi connectivity index (χ1v) is 8.62. The van der Waals surface area contributed by atoms with Crippen LogP contribution in [0.3, 0.4) is 0 Å². The molecule has 1 heterocycles. The maximum Gasteiger partial charge on any atom is 0.136 e. The summed E-state index contributed by atoms with van der Waals surface area (Å²) in [5.41, 5.74) is 3.53. The minimum absolute atomic E-state index is 0.763. The number of hydrogen-bond acceptors (Lipinski definition) is 4. The summed E-state index contributed by atoms with van der Waals surface area (Å²) in [5.74, 6) is 2.52. The summed E-state index contributed by atoms with van der Waals surface area (Å²) in [6, 6.07) is 20.8. The van der Waals surface area contributed by atoms with Gasteiger partial charge in [0, 0.05) is 24.8 Å². The monoisotopic (exact) mass is 332 g/mol. The van der Waals surface area contributed by atoms with E-state index < -0.39 is 0 Å². The Kier molecular flexibility index (Phi) is 5.29. The number of nitrogens with one attached hydrogen (secondary N) is 1. The molecular formula is C21H24N4. The minimum atomic E-state index is 0.763. The first-order chi connectivity index (χ1) is 12.1. The molecule has 4 heteroatoms. The van der Waals surface area contributed by atoms with Crippen LogP contribution in [0, 0.1) is 13.8 Å². The van der Waals surface area contributed by atoms with E-state index in [4.69, 9.17) is 0 Å². The SMILES string of the molecule is CCN(Cc1ccccc1)c1cc(Nc2cccc(C)c2)nc(C)n1. The Labute approximate surface area is 149 Å². The van der Waals surface area contributed by atoms with E-state index in [1.807, 2.05) is 31.2 Å². The van der Waals surface area contributed by atoms with E-state index >= 15 is 0 Å². The number of rotatable bonds is 6. The highest BCUT2D eigenvalue weighted by Crippen LogP contribution is 2.21. The van der Waals surface area contributed by atoms with E-state index in [1.165, 1.54) is 11.1 Å². The van der Waals surface area contributed by atoms with Crippen LogP contribution in [0.5, 0.6) is 0 Å². The average Bonchev–Trinajstić information content (AvgIpc) is 2.60. The van der Waals surface area contributed by atoms with Crippen LogP contribution < -0.4 is 10.2 Å². The second-order valence-electron chi connectivity index (χ2n) is 6.15. The van der Waals surface area contributed by atoms with E-state index in [9.17, 15) is 0 Å². The maximum atomic E-state index is 4.64. The second-order valence-corrected chi connectivity index (χ2v) is 6.15. The van der Waals surface area contributed by atoms with E-state index in [-0.39, 0.29) is 0 Å². The summed E-state index contributed by atoms with van der Waals surface area (Å²) in [6.45, 7) is 7.88. The Hall–Kier alpha value is -2.88. The lowest BCUT2D eigenvalue weighted by atomic mass is 10.2. The van der Waals surface area contributed by atoms with E-state index in [0.29, 0.717) is 0 Å². The normalized spacial score (nSPS) is 10.5. The lowest BCUT2D eigenvalue weighted by molar-refractivity contribution is 0.805. The summed E-state index contributed by atoms with van der Waals surface area (Å²) in [6.07, 6.45) is 0. The number of aromatic nitrogens is 2. The van der Waals surface area contributed by atoms with Gasteiger partial charge in [0.2, 0.25) is 0 Å². The fourth-order valence-electron chi connectivity index (χ4n) is 2.81. The summed E-state index contributed by atoms with van der Waals surface area (Å²) in [4.78, 5) is 11.4. The molecule has 0 amide bonds. The van der Waals surface area contributed by atoms with E-state index in [1.54, 1.807) is 0 Å². The number of benzene rings is 2. The summed E-state index contributed by atoms with van der Waals surface area (Å²) < 4.78 is 0. The molecule has 0 unspecified atom stereocenters. The molecule has 3 aromatic rings. The predicted octanol–water partition coefficient (Wildman–Crippen LogP) is 4.86. The number of aryl methyl sites for hydroxylation is 2. The lowest BCUT2D eigenvalue weighted by Crippen LogP contribution is -2.23. The molecular weight excluding hydrogens is 308 g/mol. The van der Waals surface area contributed by atoms with Gasteiger partial charge < -0.3 is 10.2 Å². The highest BCUT2D eigenvalue weighted by molar-refractivity contribution is 5.60. The Morgan fingerprint density at radius 2 is 1.72 bits per heavy atom. The molecule has 25 heavy (non-hydrogen) atoms. The summed E-state index contributed by atoms with van der Waals surface area (Å²) in [5, 5.41) is 3.39. The van der Waals surface area contributed by atoms with Crippen molar-refractivity contribution in [3.05, 3.63) is 77.6 Å². The fourth-order valence-corrected chi connectivity index (χ4v) is 2.81. The smallest absolute Gasteiger partial charge is 0.136 e. The molecule has 4 nitrogen and oxygen atoms in total. The molecule has 0 aliphatic carbocycles. The van der Waals surface area contributed by atoms with Gasteiger partial charge in [-0.2, -0.15) is 0 Å². The third-order valence-corrected chi connectivity index (χ3v) is 4.04. The highest BCUT2D eigenvalue weighted by atomic mass is 15.2. The van der Waals surface area contributed by atoms with Crippen LogP contribution in [0.15, 0.2) is 60.7 Å². The molecule has 0 atom stereocenters. The highest BCUT2D eigenvalue weighted by Gasteiger charge is 2.10. The number of anilines is 3. The summed E-state index contributed by atoms with van der Waals surface area (Å²) >= 11 is 0. The molecule has 0 radical (unpaired) electrons. The number of nitrogens with zero attached hydrogens (tertiary/aromatic N) is 3. The molecule has 1 aromatic heterocycles. The Bertz CT molecular complexity index is 830. The van der Waals surface area contributed by atoms with Gasteiger partial charge in [0.1, 0.15) is 17.5 Å². The molecule has 0 aliphatic rings. The molecule has 0 saturated heterocycles. The van der Waals surface area contributed by atoms with Crippen LogP contribution in [0.1, 0.15) is 23.9 Å². The quantitative estimate of drug-likeness (QED) is 0.699. The fraction of sp³-hybridized carbons (Fsp3) is 0.238. The molecule has 0 fully saturated rings. The van der Waals surface area contributed by atoms with Crippen LogP contribution >= 0.6 is 0 Å². The van der Waals surface area contributed by atoms with Crippen LogP contribution in [-0.2, 0) is 6.54 Å². The molecule has 0 aliphatic heterocycles. The van der Waals surface area contributed by atoms with Crippen molar-refractivity contribution in [3.63, 3.8) is 0 Å². The summed E-state index contributed by atoms with van der Waals surface area (Å²) in [7, 11) is 0. The number of hydrogen-bond donors (Lipinski definition) is 1. The third kappa shape index (κ3) is 4.57. The molecule has 128 valence electrons. The topological polar surface area (TPSA) is 41.0 Å². The Morgan fingerprint density at radius 3 is 2.44 bits per heavy atom. The van der Waals surface area contributed by atoms with Crippen molar-refractivity contribution in [1.29, 1.82) is 0 Å². The van der Waals surface area contributed by atoms with Gasteiger partial charge in [0.05, 0.1) is 0 Å². The van der Waals surface area contributed by atoms with Crippen LogP contribution in [0.2, 0.25) is 0 Å². The van der Waals surface area contributed by atoms with Gasteiger partial charge in [-0.25, -0.2) is 9.97 Å². The van der Waals surface area contributed by atoms with Crippen molar-refractivity contribution >= 4 is 17.3 Å². The first kappa shape index (κ1) is 17.0. The van der Waals surface area contributed by atoms with Crippen molar-refractivity contribution < 1.29 is 0 Å². The lowest BCUT2D eigenvalue weighted by Gasteiger charge is -2.23. The zero-order valence-corrected chi connectivity index (χ0v) is 15.0. The Balaban J connectivity index is 1.84. The van der Waals surface area contributed by atoms with Gasteiger partial charge in [-0.3, -0.25) is 0 Å². The van der Waals surface area contributed by atoms with Crippen molar-refractivity contribution in [2.45, 2.75) is 27.3 Å². The Morgan fingerprint density at radius 1 is 0.920 bits per heavy atom.